The molecule has 1 aliphatic carbocycles. The molecule has 2 fully saturated rings. The normalized spacial score (nSPS) is 23.6. The van der Waals surface area contributed by atoms with Crippen molar-refractivity contribution in [1.82, 2.24) is 5.32 Å². The van der Waals surface area contributed by atoms with Crippen LogP contribution in [0.4, 0.5) is 0 Å². The Morgan fingerprint density at radius 2 is 1.62 bits per heavy atom. The zero-order valence-electron chi connectivity index (χ0n) is 14.4. The van der Waals surface area contributed by atoms with Crippen molar-refractivity contribution in [2.45, 2.75) is 30.8 Å². The molecular formula is C21H21Cl2NO2. The number of nitrogens with one attached hydrogen (secondary N) is 1. The molecule has 1 saturated carbocycles. The molecule has 0 aromatic heterocycles. The smallest absolute Gasteiger partial charge is 0.224 e. The molecule has 1 saturated heterocycles. The second kappa shape index (κ2) is 7.22. The first-order valence-corrected chi connectivity index (χ1v) is 9.76. The molecule has 1 heterocycles. The molecule has 2 atom stereocenters. The summed E-state index contributed by atoms with van der Waals surface area (Å²) in [5, 5.41) is 4.48. The third-order valence-electron chi connectivity index (χ3n) is 5.52. The summed E-state index contributed by atoms with van der Waals surface area (Å²) in [5.74, 6) is -0.00310. The van der Waals surface area contributed by atoms with Crippen molar-refractivity contribution in [3.05, 3.63) is 69.7 Å². The van der Waals surface area contributed by atoms with E-state index in [1.807, 2.05) is 48.5 Å². The number of hydrogen-bond acceptors (Lipinski definition) is 2. The number of carbonyl (C=O) groups excluding carboxylic acids is 1. The van der Waals surface area contributed by atoms with Gasteiger partial charge in [-0.2, -0.15) is 0 Å². The summed E-state index contributed by atoms with van der Waals surface area (Å²) in [6.07, 6.45) is 3.03. The summed E-state index contributed by atoms with van der Waals surface area (Å²) in [7, 11) is 0. The van der Waals surface area contributed by atoms with E-state index in [4.69, 9.17) is 27.9 Å². The lowest BCUT2D eigenvalue weighted by Crippen LogP contribution is -2.34. The van der Waals surface area contributed by atoms with Crippen LogP contribution in [0.2, 0.25) is 10.0 Å². The summed E-state index contributed by atoms with van der Waals surface area (Å²) >= 11 is 12.1. The summed E-state index contributed by atoms with van der Waals surface area (Å²) < 4.78 is 5.61. The van der Waals surface area contributed by atoms with Crippen LogP contribution in [0.15, 0.2) is 48.5 Å². The Labute approximate surface area is 163 Å². The van der Waals surface area contributed by atoms with E-state index in [1.54, 1.807) is 0 Å². The molecular weight excluding hydrogens is 369 g/mol. The highest BCUT2D eigenvalue weighted by Gasteiger charge is 2.60. The Morgan fingerprint density at radius 3 is 2.12 bits per heavy atom. The molecule has 136 valence electrons. The minimum atomic E-state index is -0.310. The molecule has 0 bridgehead atoms. The monoisotopic (exact) mass is 389 g/mol. The van der Waals surface area contributed by atoms with Crippen molar-refractivity contribution in [2.24, 2.45) is 5.92 Å². The van der Waals surface area contributed by atoms with E-state index < -0.39 is 0 Å². The van der Waals surface area contributed by atoms with Crippen LogP contribution in [0.3, 0.4) is 0 Å². The van der Waals surface area contributed by atoms with Crippen LogP contribution < -0.4 is 5.32 Å². The fourth-order valence-electron chi connectivity index (χ4n) is 4.02. The number of hydrogen-bond donors (Lipinski definition) is 1. The zero-order valence-corrected chi connectivity index (χ0v) is 15.9. The van der Waals surface area contributed by atoms with Gasteiger partial charge in [0.15, 0.2) is 0 Å². The van der Waals surface area contributed by atoms with Gasteiger partial charge in [-0.25, -0.2) is 0 Å². The van der Waals surface area contributed by atoms with E-state index >= 15 is 0 Å². The summed E-state index contributed by atoms with van der Waals surface area (Å²) in [4.78, 5) is 12.8. The first-order chi connectivity index (χ1) is 12.6. The third-order valence-corrected chi connectivity index (χ3v) is 6.03. The molecule has 3 nitrogen and oxygen atoms in total. The van der Waals surface area contributed by atoms with Gasteiger partial charge in [-0.1, -0.05) is 47.5 Å². The fraction of sp³-hybridized carbons (Fsp3) is 0.381. The molecule has 2 aromatic rings. The average molecular weight is 390 g/mol. The first kappa shape index (κ1) is 17.8. The van der Waals surface area contributed by atoms with Crippen LogP contribution in [0, 0.1) is 5.92 Å². The second-order valence-corrected chi connectivity index (χ2v) is 7.99. The maximum atomic E-state index is 12.8. The van der Waals surface area contributed by atoms with Gasteiger partial charge in [-0.15, -0.1) is 0 Å². The molecule has 4 rings (SSSR count). The van der Waals surface area contributed by atoms with Gasteiger partial charge in [0, 0.05) is 28.6 Å². The molecule has 26 heavy (non-hydrogen) atoms. The van der Waals surface area contributed by atoms with Gasteiger partial charge in [0.1, 0.15) is 0 Å². The Kier molecular flexibility index (Phi) is 4.96. The maximum absolute atomic E-state index is 12.8. The van der Waals surface area contributed by atoms with Crippen molar-refractivity contribution < 1.29 is 9.53 Å². The molecule has 0 unspecified atom stereocenters. The highest BCUT2D eigenvalue weighted by atomic mass is 35.5. The van der Waals surface area contributed by atoms with E-state index in [2.05, 4.69) is 5.32 Å². The SMILES string of the molecule is O=C(NC[C@@H]1CCCO1)[C@H]1CC1(c1ccc(Cl)cc1)c1ccc(Cl)cc1. The topological polar surface area (TPSA) is 38.3 Å². The van der Waals surface area contributed by atoms with Crippen LogP contribution in [0.1, 0.15) is 30.4 Å². The number of amides is 1. The Balaban J connectivity index is 1.57. The molecule has 2 aromatic carbocycles. The lowest BCUT2D eigenvalue weighted by Gasteiger charge is -2.20. The zero-order chi connectivity index (χ0) is 18.1. The Bertz CT molecular complexity index is 737. The van der Waals surface area contributed by atoms with Gasteiger partial charge in [0.2, 0.25) is 5.91 Å². The average Bonchev–Trinajstić information content (AvgIpc) is 3.18. The lowest BCUT2D eigenvalue weighted by molar-refractivity contribution is -0.123. The van der Waals surface area contributed by atoms with Crippen molar-refractivity contribution in [1.29, 1.82) is 0 Å². The number of rotatable bonds is 5. The summed E-state index contributed by atoms with van der Waals surface area (Å²) in [5.41, 5.74) is 1.92. The van der Waals surface area contributed by atoms with Crippen LogP contribution in [-0.2, 0) is 14.9 Å². The van der Waals surface area contributed by atoms with Gasteiger partial charge in [-0.05, 0) is 54.7 Å². The fourth-order valence-corrected chi connectivity index (χ4v) is 4.27. The standard InChI is InChI=1S/C21H21Cl2NO2/c22-16-7-3-14(4-8-16)21(15-5-9-17(23)10-6-15)12-19(21)20(25)24-13-18-2-1-11-26-18/h3-10,18-19H,1-2,11-13H2,(H,24,25)/t18-,19+/m0/s1. The summed E-state index contributed by atoms with van der Waals surface area (Å²) in [6, 6.07) is 15.6. The quantitative estimate of drug-likeness (QED) is 0.811. The van der Waals surface area contributed by atoms with Gasteiger partial charge in [-0.3, -0.25) is 4.79 Å². The van der Waals surface area contributed by atoms with E-state index in [0.29, 0.717) is 16.6 Å². The Morgan fingerprint density at radius 1 is 1.04 bits per heavy atom. The van der Waals surface area contributed by atoms with E-state index in [1.165, 1.54) is 0 Å². The molecule has 0 radical (unpaired) electrons. The molecule has 1 aliphatic heterocycles. The van der Waals surface area contributed by atoms with Gasteiger partial charge < -0.3 is 10.1 Å². The van der Waals surface area contributed by atoms with Crippen LogP contribution in [0.25, 0.3) is 0 Å². The van der Waals surface area contributed by atoms with E-state index in [9.17, 15) is 4.79 Å². The highest BCUT2D eigenvalue weighted by Crippen LogP contribution is 2.59. The first-order valence-electron chi connectivity index (χ1n) is 9.01. The van der Waals surface area contributed by atoms with Gasteiger partial charge in [0.25, 0.3) is 0 Å². The minimum Gasteiger partial charge on any atom is -0.376 e. The van der Waals surface area contributed by atoms with Gasteiger partial charge in [0.05, 0.1) is 12.0 Å². The van der Waals surface area contributed by atoms with Crippen LogP contribution >= 0.6 is 23.2 Å². The molecule has 0 spiro atoms. The predicted octanol–water partition coefficient (Wildman–Crippen LogP) is 4.59. The van der Waals surface area contributed by atoms with E-state index in [0.717, 1.165) is 37.0 Å². The van der Waals surface area contributed by atoms with E-state index in [-0.39, 0.29) is 23.3 Å². The lowest BCUT2D eigenvalue weighted by atomic mass is 9.85. The molecule has 1 amide bonds. The van der Waals surface area contributed by atoms with Crippen LogP contribution in [-0.4, -0.2) is 25.2 Å². The minimum absolute atomic E-state index is 0.0883. The van der Waals surface area contributed by atoms with Gasteiger partial charge >= 0.3 is 0 Å². The van der Waals surface area contributed by atoms with Crippen molar-refractivity contribution in [3.63, 3.8) is 0 Å². The number of ether oxygens (including phenoxy) is 1. The number of carbonyl (C=O) groups is 1. The molecule has 5 heteroatoms. The second-order valence-electron chi connectivity index (χ2n) is 7.12. The highest BCUT2D eigenvalue weighted by molar-refractivity contribution is 6.30. The number of benzene rings is 2. The number of halogens is 2. The Hall–Kier alpha value is -1.55. The van der Waals surface area contributed by atoms with Crippen molar-refractivity contribution in [2.75, 3.05) is 13.2 Å². The predicted molar refractivity (Wildman–Crippen MR) is 104 cm³/mol. The largest absolute Gasteiger partial charge is 0.376 e. The maximum Gasteiger partial charge on any atom is 0.224 e. The van der Waals surface area contributed by atoms with Crippen molar-refractivity contribution in [3.8, 4) is 0 Å². The summed E-state index contributed by atoms with van der Waals surface area (Å²) in [6.45, 7) is 1.39. The van der Waals surface area contributed by atoms with Crippen LogP contribution in [0.5, 0.6) is 0 Å². The third kappa shape index (κ3) is 3.36. The van der Waals surface area contributed by atoms with Crippen molar-refractivity contribution >= 4 is 29.1 Å². The molecule has 1 N–H and O–H groups in total. The molecule has 2 aliphatic rings.